The van der Waals surface area contributed by atoms with Gasteiger partial charge in [0, 0.05) is 4.88 Å². The summed E-state index contributed by atoms with van der Waals surface area (Å²) in [5.41, 5.74) is 0.990. The predicted molar refractivity (Wildman–Crippen MR) is 53.3 cm³/mol. The first-order valence-electron chi connectivity index (χ1n) is 3.58. The fourth-order valence-corrected chi connectivity index (χ4v) is 2.44. The third-order valence-corrected chi connectivity index (χ3v) is 3.81. The van der Waals surface area contributed by atoms with Gasteiger partial charge in [-0.1, -0.05) is 0 Å². The molecule has 5 heteroatoms. The number of nitriles is 1. The number of rotatable bonds is 2. The quantitative estimate of drug-likeness (QED) is 0.798. The molecule has 0 radical (unpaired) electrons. The summed E-state index contributed by atoms with van der Waals surface area (Å²) in [6, 6.07) is 3.34. The Morgan fingerprint density at radius 2 is 2.23 bits per heavy atom. The van der Waals surface area contributed by atoms with Gasteiger partial charge in [-0.3, -0.25) is 0 Å². The Kier molecular flexibility index (Phi) is 3.45. The van der Waals surface area contributed by atoms with Crippen LogP contribution in [0.2, 0.25) is 0 Å². The van der Waals surface area contributed by atoms with Crippen molar-refractivity contribution in [1.82, 2.24) is 0 Å². The molecule has 0 saturated heterocycles. The zero-order chi connectivity index (χ0) is 10.0. The first kappa shape index (κ1) is 10.7. The Morgan fingerprint density at radius 1 is 1.62 bits per heavy atom. The highest BCUT2D eigenvalue weighted by atomic mass is 79.9. The van der Waals surface area contributed by atoms with Crippen LogP contribution in [0.4, 0.5) is 0 Å². The first-order valence-corrected chi connectivity index (χ1v) is 5.18. The predicted octanol–water partition coefficient (Wildman–Crippen LogP) is 1.74. The zero-order valence-electron chi connectivity index (χ0n) is 6.86. The minimum Gasteiger partial charge on any atom is -0.384 e. The molecule has 1 aromatic rings. The van der Waals surface area contributed by atoms with Crippen molar-refractivity contribution in [3.63, 3.8) is 0 Å². The Balaban J connectivity index is 2.90. The van der Waals surface area contributed by atoms with Crippen LogP contribution in [0.5, 0.6) is 0 Å². The van der Waals surface area contributed by atoms with Crippen molar-refractivity contribution >= 4 is 27.3 Å². The summed E-state index contributed by atoms with van der Waals surface area (Å²) in [6.07, 6.45) is -2.47. The number of aryl methyl sites for hydroxylation is 1. The van der Waals surface area contributed by atoms with Crippen molar-refractivity contribution in [2.45, 2.75) is 19.1 Å². The topological polar surface area (TPSA) is 64.2 Å². The van der Waals surface area contributed by atoms with Crippen molar-refractivity contribution in [1.29, 1.82) is 5.26 Å². The lowest BCUT2D eigenvalue weighted by Crippen LogP contribution is -2.14. The second-order valence-corrected chi connectivity index (χ2v) is 5.03. The van der Waals surface area contributed by atoms with E-state index in [4.69, 9.17) is 10.4 Å². The maximum absolute atomic E-state index is 9.44. The Hall–Kier alpha value is -0.410. The van der Waals surface area contributed by atoms with Gasteiger partial charge >= 0.3 is 0 Å². The molecule has 13 heavy (non-hydrogen) atoms. The summed E-state index contributed by atoms with van der Waals surface area (Å²) < 4.78 is 0.909. The molecule has 2 N–H and O–H groups in total. The molecule has 0 saturated carbocycles. The second-order valence-electron chi connectivity index (χ2n) is 2.62. The van der Waals surface area contributed by atoms with Crippen LogP contribution >= 0.6 is 27.3 Å². The normalized spacial score (nSPS) is 15.0. The zero-order valence-corrected chi connectivity index (χ0v) is 9.26. The number of nitrogens with zero attached hydrogens (tertiary/aromatic N) is 1. The van der Waals surface area contributed by atoms with Gasteiger partial charge in [-0.2, -0.15) is 5.26 Å². The lowest BCUT2D eigenvalue weighted by Gasteiger charge is -2.07. The van der Waals surface area contributed by atoms with E-state index in [1.165, 1.54) is 11.3 Å². The highest BCUT2D eigenvalue weighted by molar-refractivity contribution is 9.11. The number of hydrogen-bond acceptors (Lipinski definition) is 4. The maximum Gasteiger partial charge on any atom is 0.171 e. The van der Waals surface area contributed by atoms with Crippen LogP contribution in [0.3, 0.4) is 0 Å². The molecular formula is C8H8BrNO2S. The van der Waals surface area contributed by atoms with Crippen LogP contribution in [-0.4, -0.2) is 16.3 Å². The molecule has 0 aliphatic rings. The molecule has 70 valence electrons. The van der Waals surface area contributed by atoms with Gasteiger partial charge in [0.15, 0.2) is 6.10 Å². The average molecular weight is 262 g/mol. The van der Waals surface area contributed by atoms with Crippen molar-refractivity contribution in [3.8, 4) is 6.07 Å². The van der Waals surface area contributed by atoms with Crippen LogP contribution in [0.25, 0.3) is 0 Å². The molecule has 0 aliphatic carbocycles. The fourth-order valence-electron chi connectivity index (χ4n) is 0.856. The lowest BCUT2D eigenvalue weighted by atomic mass is 10.2. The van der Waals surface area contributed by atoms with Crippen LogP contribution in [0.15, 0.2) is 9.85 Å². The summed E-state index contributed by atoms with van der Waals surface area (Å²) in [5.74, 6) is 0. The smallest absolute Gasteiger partial charge is 0.171 e. The van der Waals surface area contributed by atoms with Crippen molar-refractivity contribution in [3.05, 3.63) is 20.3 Å². The highest BCUT2D eigenvalue weighted by Gasteiger charge is 2.20. The number of hydrogen-bond donors (Lipinski definition) is 2. The molecule has 0 fully saturated rings. The minimum absolute atomic E-state index is 0.596. The monoisotopic (exact) mass is 261 g/mol. The number of thiophene rings is 1. The van der Waals surface area contributed by atoms with E-state index in [1.54, 1.807) is 12.1 Å². The molecule has 2 unspecified atom stereocenters. The van der Waals surface area contributed by atoms with E-state index >= 15 is 0 Å². The third kappa shape index (κ3) is 2.29. The SMILES string of the molecule is Cc1cc(C(O)C(O)C#N)sc1Br. The molecule has 1 heterocycles. The number of aliphatic hydroxyl groups excluding tert-OH is 2. The van der Waals surface area contributed by atoms with E-state index in [0.29, 0.717) is 4.88 Å². The highest BCUT2D eigenvalue weighted by Crippen LogP contribution is 2.32. The van der Waals surface area contributed by atoms with Crippen molar-refractivity contribution in [2.24, 2.45) is 0 Å². The van der Waals surface area contributed by atoms with Gasteiger partial charge in [-0.25, -0.2) is 0 Å². The first-order chi connectivity index (χ1) is 6.06. The molecule has 2 atom stereocenters. The summed E-state index contributed by atoms with van der Waals surface area (Å²) in [7, 11) is 0. The summed E-state index contributed by atoms with van der Waals surface area (Å²) in [6.45, 7) is 1.88. The maximum atomic E-state index is 9.44. The molecule has 0 aromatic carbocycles. The lowest BCUT2D eigenvalue weighted by molar-refractivity contribution is 0.0552. The Labute approximate surface area is 88.4 Å². The molecule has 0 amide bonds. The number of aliphatic hydroxyl groups is 2. The van der Waals surface area contributed by atoms with Gasteiger partial charge in [0.05, 0.1) is 9.86 Å². The molecule has 0 spiro atoms. The molecular weight excluding hydrogens is 254 g/mol. The van der Waals surface area contributed by atoms with E-state index in [1.807, 2.05) is 6.92 Å². The van der Waals surface area contributed by atoms with E-state index < -0.39 is 12.2 Å². The number of halogens is 1. The van der Waals surface area contributed by atoms with E-state index in [9.17, 15) is 5.11 Å². The van der Waals surface area contributed by atoms with Gasteiger partial charge in [-0.15, -0.1) is 11.3 Å². The van der Waals surface area contributed by atoms with E-state index in [0.717, 1.165) is 9.35 Å². The van der Waals surface area contributed by atoms with E-state index in [2.05, 4.69) is 15.9 Å². The van der Waals surface area contributed by atoms with Crippen LogP contribution in [-0.2, 0) is 0 Å². The van der Waals surface area contributed by atoms with Crippen LogP contribution < -0.4 is 0 Å². The van der Waals surface area contributed by atoms with Gasteiger partial charge < -0.3 is 10.2 Å². The van der Waals surface area contributed by atoms with Gasteiger partial charge in [0.1, 0.15) is 6.10 Å². The van der Waals surface area contributed by atoms with E-state index in [-0.39, 0.29) is 0 Å². The molecule has 0 aliphatic heterocycles. The van der Waals surface area contributed by atoms with Gasteiger partial charge in [-0.05, 0) is 34.5 Å². The average Bonchev–Trinajstić information content (AvgIpc) is 2.44. The van der Waals surface area contributed by atoms with Crippen molar-refractivity contribution in [2.75, 3.05) is 0 Å². The van der Waals surface area contributed by atoms with Crippen LogP contribution in [0, 0.1) is 18.3 Å². The Bertz CT molecular complexity index is 325. The summed E-state index contributed by atoms with van der Waals surface area (Å²) in [4.78, 5) is 0.596. The van der Waals surface area contributed by atoms with Crippen LogP contribution in [0.1, 0.15) is 16.5 Å². The molecule has 3 nitrogen and oxygen atoms in total. The Morgan fingerprint density at radius 3 is 2.62 bits per heavy atom. The molecule has 1 aromatic heterocycles. The standard InChI is InChI=1S/C8H8BrNO2S/c1-4-2-6(13-8(4)9)7(12)5(11)3-10/h2,5,7,11-12H,1H3. The minimum atomic E-state index is -1.36. The van der Waals surface area contributed by atoms with Crippen molar-refractivity contribution < 1.29 is 10.2 Å². The second kappa shape index (κ2) is 4.20. The largest absolute Gasteiger partial charge is 0.384 e. The fraction of sp³-hybridized carbons (Fsp3) is 0.375. The molecule has 0 bridgehead atoms. The van der Waals surface area contributed by atoms with Gasteiger partial charge in [0.25, 0.3) is 0 Å². The molecule has 1 rings (SSSR count). The summed E-state index contributed by atoms with van der Waals surface area (Å²) in [5, 5.41) is 26.9. The third-order valence-electron chi connectivity index (χ3n) is 1.60. The summed E-state index contributed by atoms with van der Waals surface area (Å²) >= 11 is 4.62. The van der Waals surface area contributed by atoms with Gasteiger partial charge in [0.2, 0.25) is 0 Å².